The van der Waals surface area contributed by atoms with Crippen molar-refractivity contribution in [2.24, 2.45) is 0 Å². The molecule has 0 aliphatic carbocycles. The van der Waals surface area contributed by atoms with Gasteiger partial charge in [0, 0.05) is 5.38 Å². The van der Waals surface area contributed by atoms with Crippen LogP contribution in [0.5, 0.6) is 11.5 Å². The number of benzene rings is 1. The Kier molecular flexibility index (Phi) is 4.57. The highest BCUT2D eigenvalue weighted by Gasteiger charge is 2.10. The van der Waals surface area contributed by atoms with Gasteiger partial charge in [-0.15, -0.1) is 11.3 Å². The molecule has 0 spiro atoms. The van der Waals surface area contributed by atoms with E-state index in [0.29, 0.717) is 17.2 Å². The molecular weight excluding hydrogens is 278 g/mol. The number of rotatable bonds is 6. The zero-order chi connectivity index (χ0) is 14.5. The van der Waals surface area contributed by atoms with Crippen LogP contribution < -0.4 is 9.47 Å². The van der Waals surface area contributed by atoms with Gasteiger partial charge in [0.2, 0.25) is 5.01 Å². The molecule has 20 heavy (non-hydrogen) atoms. The summed E-state index contributed by atoms with van der Waals surface area (Å²) >= 11 is 1.09. The predicted molar refractivity (Wildman–Crippen MR) is 75.8 cm³/mol. The fourth-order valence-corrected chi connectivity index (χ4v) is 2.31. The summed E-state index contributed by atoms with van der Waals surface area (Å²) in [4.78, 5) is 14.7. The molecule has 0 fully saturated rings. The van der Waals surface area contributed by atoms with E-state index in [2.05, 4.69) is 11.9 Å². The summed E-state index contributed by atoms with van der Waals surface area (Å²) in [5.74, 6) is 0.263. The zero-order valence-corrected chi connectivity index (χ0v) is 12.1. The summed E-state index contributed by atoms with van der Waals surface area (Å²) in [5.41, 5.74) is 1.75. The van der Waals surface area contributed by atoms with E-state index in [0.717, 1.165) is 23.3 Å². The lowest BCUT2D eigenvalue weighted by atomic mass is 10.1. The molecule has 1 aromatic carbocycles. The minimum atomic E-state index is -1.02. The lowest BCUT2D eigenvalue weighted by molar-refractivity contribution is 0.0696. The van der Waals surface area contributed by atoms with E-state index in [-0.39, 0.29) is 11.6 Å². The van der Waals surface area contributed by atoms with Crippen LogP contribution in [-0.2, 0) is 13.0 Å². The third-order valence-electron chi connectivity index (χ3n) is 2.75. The Morgan fingerprint density at radius 1 is 1.40 bits per heavy atom. The number of nitrogens with zero attached hydrogens (tertiary/aromatic N) is 1. The molecule has 0 aliphatic rings. The van der Waals surface area contributed by atoms with Crippen LogP contribution in [0.2, 0.25) is 0 Å². The SMILES string of the molecule is CCc1ccc(OCc2csc(C(=O)O)n2)c(OC)c1. The van der Waals surface area contributed by atoms with E-state index in [1.54, 1.807) is 12.5 Å². The molecule has 0 saturated carbocycles. The summed E-state index contributed by atoms with van der Waals surface area (Å²) < 4.78 is 10.9. The molecule has 0 bridgehead atoms. The van der Waals surface area contributed by atoms with E-state index in [9.17, 15) is 4.79 Å². The van der Waals surface area contributed by atoms with Crippen molar-refractivity contribution in [1.82, 2.24) is 4.98 Å². The highest BCUT2D eigenvalue weighted by molar-refractivity contribution is 7.11. The minimum absolute atomic E-state index is 0.0666. The van der Waals surface area contributed by atoms with Gasteiger partial charge in [0.05, 0.1) is 12.8 Å². The first-order valence-corrected chi connectivity index (χ1v) is 6.99. The third kappa shape index (κ3) is 3.27. The van der Waals surface area contributed by atoms with Gasteiger partial charge in [-0.05, 0) is 24.1 Å². The second kappa shape index (κ2) is 6.38. The van der Waals surface area contributed by atoms with Crippen molar-refractivity contribution in [3.8, 4) is 11.5 Å². The van der Waals surface area contributed by atoms with Crippen molar-refractivity contribution in [2.45, 2.75) is 20.0 Å². The molecule has 0 amide bonds. The molecular formula is C14H15NO4S. The lowest BCUT2D eigenvalue weighted by Gasteiger charge is -2.10. The zero-order valence-electron chi connectivity index (χ0n) is 11.3. The first kappa shape index (κ1) is 14.3. The van der Waals surface area contributed by atoms with Crippen LogP contribution in [0.1, 0.15) is 28.0 Å². The third-order valence-corrected chi connectivity index (χ3v) is 3.63. The van der Waals surface area contributed by atoms with Gasteiger partial charge in [-0.25, -0.2) is 9.78 Å². The smallest absolute Gasteiger partial charge is 0.365 e. The molecule has 6 heteroatoms. The van der Waals surface area contributed by atoms with Crippen molar-refractivity contribution >= 4 is 17.3 Å². The van der Waals surface area contributed by atoms with E-state index in [1.165, 1.54) is 0 Å². The number of thiazole rings is 1. The number of aromatic carboxylic acids is 1. The maximum Gasteiger partial charge on any atom is 0.365 e. The largest absolute Gasteiger partial charge is 0.493 e. The Balaban J connectivity index is 2.07. The maximum absolute atomic E-state index is 10.7. The Morgan fingerprint density at radius 3 is 2.80 bits per heavy atom. The van der Waals surface area contributed by atoms with Crippen LogP contribution in [0.25, 0.3) is 0 Å². The summed E-state index contributed by atoms with van der Waals surface area (Å²) in [6.45, 7) is 2.28. The molecule has 1 N–H and O–H groups in total. The maximum atomic E-state index is 10.7. The van der Waals surface area contributed by atoms with Gasteiger partial charge in [0.1, 0.15) is 6.61 Å². The van der Waals surface area contributed by atoms with Crippen LogP contribution in [0.3, 0.4) is 0 Å². The summed E-state index contributed by atoms with van der Waals surface area (Å²) in [7, 11) is 1.59. The van der Waals surface area contributed by atoms with Crippen LogP contribution in [0, 0.1) is 0 Å². The lowest BCUT2D eigenvalue weighted by Crippen LogP contribution is -2.00. The summed E-state index contributed by atoms with van der Waals surface area (Å²) in [5, 5.41) is 10.6. The Labute approximate surface area is 120 Å². The number of carboxylic acid groups (broad SMARTS) is 1. The Bertz CT molecular complexity index is 609. The number of hydrogen-bond donors (Lipinski definition) is 1. The van der Waals surface area contributed by atoms with Crippen LogP contribution >= 0.6 is 11.3 Å². The monoisotopic (exact) mass is 293 g/mol. The second-order valence-corrected chi connectivity index (χ2v) is 4.93. The van der Waals surface area contributed by atoms with E-state index >= 15 is 0 Å². The number of carboxylic acids is 1. The fourth-order valence-electron chi connectivity index (χ4n) is 1.67. The average Bonchev–Trinajstić information content (AvgIpc) is 2.94. The van der Waals surface area contributed by atoms with Gasteiger partial charge < -0.3 is 14.6 Å². The normalized spacial score (nSPS) is 10.3. The van der Waals surface area contributed by atoms with Gasteiger partial charge in [0.15, 0.2) is 11.5 Å². The molecule has 5 nitrogen and oxygen atoms in total. The molecule has 0 atom stereocenters. The first-order valence-electron chi connectivity index (χ1n) is 6.11. The molecule has 2 aromatic rings. The molecule has 1 aromatic heterocycles. The summed E-state index contributed by atoms with van der Waals surface area (Å²) in [6, 6.07) is 5.75. The van der Waals surface area contributed by atoms with Crippen LogP contribution in [0.15, 0.2) is 23.6 Å². The Morgan fingerprint density at radius 2 is 2.20 bits per heavy atom. The van der Waals surface area contributed by atoms with Gasteiger partial charge >= 0.3 is 5.97 Å². The van der Waals surface area contributed by atoms with Gasteiger partial charge in [-0.3, -0.25) is 0 Å². The van der Waals surface area contributed by atoms with Crippen LogP contribution in [-0.4, -0.2) is 23.2 Å². The van der Waals surface area contributed by atoms with Gasteiger partial charge in [-0.2, -0.15) is 0 Å². The van der Waals surface area contributed by atoms with E-state index in [4.69, 9.17) is 14.6 Å². The first-order chi connectivity index (χ1) is 9.63. The molecule has 1 heterocycles. The molecule has 0 unspecified atom stereocenters. The molecule has 0 radical (unpaired) electrons. The minimum Gasteiger partial charge on any atom is -0.493 e. The average molecular weight is 293 g/mol. The van der Waals surface area contributed by atoms with Crippen molar-refractivity contribution in [2.75, 3.05) is 7.11 Å². The van der Waals surface area contributed by atoms with Crippen molar-refractivity contribution in [3.63, 3.8) is 0 Å². The number of carbonyl (C=O) groups is 1. The van der Waals surface area contributed by atoms with Crippen molar-refractivity contribution in [3.05, 3.63) is 39.8 Å². The fraction of sp³-hybridized carbons (Fsp3) is 0.286. The molecule has 106 valence electrons. The standard InChI is InChI=1S/C14H15NO4S/c1-3-9-4-5-11(12(6-9)18-2)19-7-10-8-20-13(15-10)14(16)17/h4-6,8H,3,7H2,1-2H3,(H,16,17). The number of aryl methyl sites for hydroxylation is 1. The number of aromatic nitrogens is 1. The molecule has 0 saturated heterocycles. The van der Waals surface area contributed by atoms with Crippen molar-refractivity contribution in [1.29, 1.82) is 0 Å². The van der Waals surface area contributed by atoms with Crippen molar-refractivity contribution < 1.29 is 19.4 Å². The summed E-state index contributed by atoms with van der Waals surface area (Å²) in [6.07, 6.45) is 0.921. The van der Waals surface area contributed by atoms with E-state index in [1.807, 2.05) is 18.2 Å². The molecule has 2 rings (SSSR count). The van der Waals surface area contributed by atoms with Gasteiger partial charge in [-0.1, -0.05) is 13.0 Å². The van der Waals surface area contributed by atoms with E-state index < -0.39 is 5.97 Å². The highest BCUT2D eigenvalue weighted by Crippen LogP contribution is 2.29. The number of ether oxygens (including phenoxy) is 2. The molecule has 0 aliphatic heterocycles. The van der Waals surface area contributed by atoms with Gasteiger partial charge in [0.25, 0.3) is 0 Å². The quantitative estimate of drug-likeness (QED) is 0.886. The van der Waals surface area contributed by atoms with Crippen LogP contribution in [0.4, 0.5) is 0 Å². The second-order valence-electron chi connectivity index (χ2n) is 4.08. The number of methoxy groups -OCH3 is 1. The Hall–Kier alpha value is -2.08. The predicted octanol–water partition coefficient (Wildman–Crippen LogP) is 2.99. The topological polar surface area (TPSA) is 68.7 Å². The highest BCUT2D eigenvalue weighted by atomic mass is 32.1. The number of hydrogen-bond acceptors (Lipinski definition) is 5.